The van der Waals surface area contributed by atoms with Crippen molar-refractivity contribution in [3.8, 4) is 0 Å². The molecule has 5 nitrogen and oxygen atoms in total. The number of fused-ring (bicyclic) bond motifs is 1. The first-order valence-electron chi connectivity index (χ1n) is 10.6. The van der Waals surface area contributed by atoms with E-state index in [9.17, 15) is 5.11 Å². The van der Waals surface area contributed by atoms with Crippen LogP contribution in [0.25, 0.3) is 0 Å². The van der Waals surface area contributed by atoms with Crippen LogP contribution in [-0.2, 0) is 18.6 Å². The molecule has 0 radical (unpaired) electrons. The average Bonchev–Trinajstić information content (AvgIpc) is 3.15. The highest BCUT2D eigenvalue weighted by Gasteiger charge is 2.56. The molecule has 0 spiro atoms. The van der Waals surface area contributed by atoms with Gasteiger partial charge >= 0.3 is 0 Å². The molecule has 2 aliphatic rings. The Labute approximate surface area is 180 Å². The van der Waals surface area contributed by atoms with Gasteiger partial charge in [-0.1, -0.05) is 81.4 Å². The van der Waals surface area contributed by atoms with E-state index >= 15 is 0 Å². The van der Waals surface area contributed by atoms with Crippen molar-refractivity contribution in [1.82, 2.24) is 0 Å². The molecule has 0 saturated carbocycles. The second-order valence-electron chi connectivity index (χ2n) is 9.61. The van der Waals surface area contributed by atoms with Gasteiger partial charge in [-0.15, -0.1) is 0 Å². The number of benzene rings is 2. The standard InChI is InChI=1S/C24H32O5Si/c1-23(2,3)30(17-12-8-6-9-13-17,18-14-10-7-11-15-18)26-16-19-20(25)21-22(27-19)29-24(4,5)28-21/h6-15,19-22,25H,16H2,1-5H3/t19-,20+,21+,22+/m1/s1. The molecular weight excluding hydrogens is 396 g/mol. The fraction of sp³-hybridized carbons (Fsp3) is 0.500. The lowest BCUT2D eigenvalue weighted by Gasteiger charge is -2.43. The Balaban J connectivity index is 1.65. The summed E-state index contributed by atoms with van der Waals surface area (Å²) in [5.41, 5.74) is 0. The van der Waals surface area contributed by atoms with Gasteiger partial charge in [0.15, 0.2) is 12.1 Å². The van der Waals surface area contributed by atoms with Crippen molar-refractivity contribution >= 4 is 18.7 Å². The predicted molar refractivity (Wildman–Crippen MR) is 118 cm³/mol. The third-order valence-electron chi connectivity index (χ3n) is 6.00. The zero-order chi connectivity index (χ0) is 21.6. The van der Waals surface area contributed by atoms with Crippen LogP contribution in [0.3, 0.4) is 0 Å². The Kier molecular flexibility index (Phi) is 5.68. The van der Waals surface area contributed by atoms with Gasteiger partial charge < -0.3 is 23.7 Å². The largest absolute Gasteiger partial charge is 0.405 e. The Morgan fingerprint density at radius 3 is 1.93 bits per heavy atom. The summed E-state index contributed by atoms with van der Waals surface area (Å²) in [6.07, 6.45) is -2.36. The number of ether oxygens (including phenoxy) is 3. The summed E-state index contributed by atoms with van der Waals surface area (Å²) >= 11 is 0. The Hall–Kier alpha value is -1.54. The van der Waals surface area contributed by atoms with E-state index in [1.165, 1.54) is 10.4 Å². The van der Waals surface area contributed by atoms with Crippen LogP contribution in [0.1, 0.15) is 34.6 Å². The van der Waals surface area contributed by atoms with Gasteiger partial charge in [0.05, 0.1) is 6.61 Å². The van der Waals surface area contributed by atoms with E-state index in [-0.39, 0.29) is 11.6 Å². The molecule has 0 amide bonds. The quantitative estimate of drug-likeness (QED) is 0.742. The summed E-state index contributed by atoms with van der Waals surface area (Å²) in [5.74, 6) is -0.750. The highest BCUT2D eigenvalue weighted by molar-refractivity contribution is 6.99. The van der Waals surface area contributed by atoms with Gasteiger partial charge in [-0.3, -0.25) is 0 Å². The molecule has 162 valence electrons. The zero-order valence-corrected chi connectivity index (χ0v) is 19.4. The monoisotopic (exact) mass is 428 g/mol. The normalized spacial score (nSPS) is 28.5. The smallest absolute Gasteiger partial charge is 0.261 e. The fourth-order valence-corrected chi connectivity index (χ4v) is 9.23. The minimum absolute atomic E-state index is 0.135. The fourth-order valence-electron chi connectivity index (χ4n) is 4.66. The van der Waals surface area contributed by atoms with Crippen molar-refractivity contribution in [1.29, 1.82) is 0 Å². The first kappa shape index (κ1) is 21.7. The maximum atomic E-state index is 10.8. The lowest BCUT2D eigenvalue weighted by Crippen LogP contribution is -2.67. The van der Waals surface area contributed by atoms with Gasteiger partial charge in [-0.25, -0.2) is 0 Å². The molecule has 2 aromatic carbocycles. The van der Waals surface area contributed by atoms with Gasteiger partial charge in [0, 0.05) is 0 Å². The molecule has 2 fully saturated rings. The molecule has 4 atom stereocenters. The summed E-state index contributed by atoms with van der Waals surface area (Å²) in [6, 6.07) is 20.9. The van der Waals surface area contributed by atoms with Crippen molar-refractivity contribution < 1.29 is 23.7 Å². The Bertz CT molecular complexity index is 809. The van der Waals surface area contributed by atoms with E-state index in [1.54, 1.807) is 0 Å². The summed E-state index contributed by atoms with van der Waals surface area (Å²) in [7, 11) is -2.68. The molecule has 2 aliphatic heterocycles. The third-order valence-corrected chi connectivity index (χ3v) is 11.0. The van der Waals surface area contributed by atoms with Gasteiger partial charge in [-0.05, 0) is 29.3 Å². The maximum Gasteiger partial charge on any atom is 0.261 e. The van der Waals surface area contributed by atoms with Crippen LogP contribution in [0.5, 0.6) is 0 Å². The van der Waals surface area contributed by atoms with Crippen LogP contribution in [0.4, 0.5) is 0 Å². The topological polar surface area (TPSA) is 57.2 Å². The van der Waals surface area contributed by atoms with Crippen molar-refractivity contribution in [3.63, 3.8) is 0 Å². The lowest BCUT2D eigenvalue weighted by molar-refractivity contribution is -0.217. The van der Waals surface area contributed by atoms with Crippen LogP contribution in [0, 0.1) is 0 Å². The van der Waals surface area contributed by atoms with E-state index in [0.29, 0.717) is 0 Å². The van der Waals surface area contributed by atoms with Crippen molar-refractivity contribution in [2.24, 2.45) is 0 Å². The van der Waals surface area contributed by atoms with E-state index in [4.69, 9.17) is 18.6 Å². The van der Waals surface area contributed by atoms with Gasteiger partial charge in [0.2, 0.25) is 0 Å². The van der Waals surface area contributed by atoms with Crippen LogP contribution < -0.4 is 10.4 Å². The molecule has 1 N–H and O–H groups in total. The molecule has 2 saturated heterocycles. The molecule has 6 heteroatoms. The minimum atomic E-state index is -2.68. The zero-order valence-electron chi connectivity index (χ0n) is 18.4. The first-order chi connectivity index (χ1) is 14.1. The highest BCUT2D eigenvalue weighted by Crippen LogP contribution is 2.40. The summed E-state index contributed by atoms with van der Waals surface area (Å²) in [5, 5.41) is 13.1. The van der Waals surface area contributed by atoms with Crippen molar-refractivity contribution in [2.75, 3.05) is 6.61 Å². The molecule has 0 aromatic heterocycles. The van der Waals surface area contributed by atoms with Crippen molar-refractivity contribution in [2.45, 2.75) is 70.0 Å². The lowest BCUT2D eigenvalue weighted by atomic mass is 10.1. The van der Waals surface area contributed by atoms with Crippen LogP contribution in [0.15, 0.2) is 60.7 Å². The summed E-state index contributed by atoms with van der Waals surface area (Å²) < 4.78 is 24.5. The first-order valence-corrected chi connectivity index (χ1v) is 12.5. The molecule has 2 aromatic rings. The second kappa shape index (κ2) is 7.86. The SMILES string of the molecule is CC1(C)O[C@@H]2O[C@H](CO[Si](c3ccccc3)(c3ccccc3)C(C)(C)C)[C@H](O)[C@@H]2O1. The molecule has 0 aliphatic carbocycles. The third kappa shape index (κ3) is 3.77. The highest BCUT2D eigenvalue weighted by atomic mass is 28.4. The van der Waals surface area contributed by atoms with Crippen LogP contribution in [-0.4, -0.2) is 50.4 Å². The molecule has 30 heavy (non-hydrogen) atoms. The van der Waals surface area contributed by atoms with E-state index in [1.807, 2.05) is 26.0 Å². The number of aliphatic hydroxyl groups excluding tert-OH is 1. The van der Waals surface area contributed by atoms with Gasteiger partial charge in [-0.2, -0.15) is 0 Å². The van der Waals surface area contributed by atoms with E-state index in [2.05, 4.69) is 69.3 Å². The molecule has 4 rings (SSSR count). The number of hydrogen-bond donors (Lipinski definition) is 1. The average molecular weight is 429 g/mol. The van der Waals surface area contributed by atoms with Gasteiger partial charge in [0.1, 0.15) is 18.3 Å². The molecule has 2 heterocycles. The molecule has 0 bridgehead atoms. The summed E-state index contributed by atoms with van der Waals surface area (Å²) in [4.78, 5) is 0. The minimum Gasteiger partial charge on any atom is -0.405 e. The summed E-state index contributed by atoms with van der Waals surface area (Å²) in [6.45, 7) is 10.6. The van der Waals surface area contributed by atoms with Crippen molar-refractivity contribution in [3.05, 3.63) is 60.7 Å². The van der Waals surface area contributed by atoms with Crippen LogP contribution >= 0.6 is 0 Å². The van der Waals surface area contributed by atoms with Gasteiger partial charge in [0.25, 0.3) is 8.32 Å². The number of rotatable bonds is 5. The van der Waals surface area contributed by atoms with Crippen LogP contribution in [0.2, 0.25) is 5.04 Å². The maximum absolute atomic E-state index is 10.8. The molecular formula is C24H32O5Si. The number of aliphatic hydroxyl groups is 1. The van der Waals surface area contributed by atoms with E-state index < -0.39 is 38.7 Å². The number of hydrogen-bond acceptors (Lipinski definition) is 5. The second-order valence-corrected chi connectivity index (χ2v) is 13.9. The van der Waals surface area contributed by atoms with E-state index in [0.717, 1.165) is 0 Å². The Morgan fingerprint density at radius 1 is 0.933 bits per heavy atom. The molecule has 0 unspecified atom stereocenters. The Morgan fingerprint density at radius 2 is 1.47 bits per heavy atom. The predicted octanol–water partition coefficient (Wildman–Crippen LogP) is 2.80.